The molecule has 0 spiro atoms. The average molecular weight is 375 g/mol. The standard InChI is InChI=1S/C22H30O3S/c1-13-9-15(23)19(21(3,4)5)17(11-13)26(25)18-12-14(2)10-16(24)20(18)22(6,7)8/h9-12,23-24H,1-8H3. The van der Waals surface area contributed by atoms with E-state index in [9.17, 15) is 14.8 Å². The van der Waals surface area contributed by atoms with Crippen LogP contribution in [0.25, 0.3) is 0 Å². The Hall–Kier alpha value is -1.65. The maximum atomic E-state index is 13.7. The van der Waals surface area contributed by atoms with E-state index in [1.54, 1.807) is 12.1 Å². The molecule has 2 N–H and O–H groups in total. The highest BCUT2D eigenvalue weighted by Crippen LogP contribution is 2.43. The summed E-state index contributed by atoms with van der Waals surface area (Å²) in [5, 5.41) is 21.1. The van der Waals surface area contributed by atoms with Gasteiger partial charge in [-0.2, -0.15) is 0 Å². The first kappa shape index (κ1) is 20.7. The number of benzene rings is 2. The van der Waals surface area contributed by atoms with E-state index >= 15 is 0 Å². The lowest BCUT2D eigenvalue weighted by Crippen LogP contribution is -2.21. The second-order valence-corrected chi connectivity index (χ2v) is 10.5. The van der Waals surface area contributed by atoms with E-state index in [1.807, 2.05) is 67.5 Å². The molecule has 2 aromatic rings. The second-order valence-electron chi connectivity index (χ2n) is 9.08. The molecule has 4 heteroatoms. The zero-order chi connectivity index (χ0) is 20.0. The summed E-state index contributed by atoms with van der Waals surface area (Å²) in [5.41, 5.74) is 2.35. The summed E-state index contributed by atoms with van der Waals surface area (Å²) in [7, 11) is 0. The summed E-state index contributed by atoms with van der Waals surface area (Å²) in [5.74, 6) is 0.324. The first-order chi connectivity index (χ1) is 11.7. The summed E-state index contributed by atoms with van der Waals surface area (Å²) < 4.78 is 13.7. The number of hydrogen-bond donors (Lipinski definition) is 2. The zero-order valence-electron chi connectivity index (χ0n) is 17.0. The highest BCUT2D eigenvalue weighted by atomic mass is 32.2. The van der Waals surface area contributed by atoms with E-state index in [1.165, 1.54) is 0 Å². The van der Waals surface area contributed by atoms with Crippen LogP contribution >= 0.6 is 0 Å². The summed E-state index contributed by atoms with van der Waals surface area (Å²) in [6.07, 6.45) is 0. The molecule has 0 bridgehead atoms. The summed E-state index contributed by atoms with van der Waals surface area (Å²) in [6.45, 7) is 15.7. The fraction of sp³-hybridized carbons (Fsp3) is 0.455. The van der Waals surface area contributed by atoms with Crippen molar-refractivity contribution in [2.45, 2.75) is 76.0 Å². The van der Waals surface area contributed by atoms with Crippen molar-refractivity contribution in [1.29, 1.82) is 0 Å². The second kappa shape index (κ2) is 6.82. The van der Waals surface area contributed by atoms with Gasteiger partial charge in [-0.3, -0.25) is 0 Å². The first-order valence-electron chi connectivity index (χ1n) is 8.83. The van der Waals surface area contributed by atoms with Crippen molar-refractivity contribution in [2.24, 2.45) is 0 Å². The lowest BCUT2D eigenvalue weighted by atomic mass is 9.85. The maximum absolute atomic E-state index is 13.7. The Bertz CT molecular complexity index is 757. The van der Waals surface area contributed by atoms with Crippen LogP contribution in [0.1, 0.15) is 63.8 Å². The molecule has 2 aromatic carbocycles. The molecule has 0 amide bonds. The predicted octanol–water partition coefficient (Wildman–Crippen LogP) is 5.48. The van der Waals surface area contributed by atoms with Crippen LogP contribution in [0.5, 0.6) is 11.5 Å². The van der Waals surface area contributed by atoms with Gasteiger partial charge in [-0.05, 0) is 60.1 Å². The molecule has 0 heterocycles. The van der Waals surface area contributed by atoms with Crippen molar-refractivity contribution in [1.82, 2.24) is 0 Å². The van der Waals surface area contributed by atoms with Gasteiger partial charge in [0.15, 0.2) is 9.79 Å². The quantitative estimate of drug-likeness (QED) is 0.685. The van der Waals surface area contributed by atoms with Gasteiger partial charge >= 0.3 is 0 Å². The van der Waals surface area contributed by atoms with Gasteiger partial charge in [0.05, 0.1) is 11.1 Å². The van der Waals surface area contributed by atoms with Crippen molar-refractivity contribution in [3.63, 3.8) is 0 Å². The summed E-state index contributed by atoms with van der Waals surface area (Å²) >= 11 is -1.52. The SMILES string of the molecule is Cc1cc(O)c(C(C)(C)C)c([S+]([O-])c2cc(C)cc(O)c2C(C)(C)C)c1. The molecule has 26 heavy (non-hydrogen) atoms. The van der Waals surface area contributed by atoms with Crippen molar-refractivity contribution < 1.29 is 14.8 Å². The van der Waals surface area contributed by atoms with E-state index in [2.05, 4.69) is 0 Å². The van der Waals surface area contributed by atoms with Gasteiger partial charge in [-0.15, -0.1) is 0 Å². The molecule has 0 saturated carbocycles. The molecule has 0 aromatic heterocycles. The van der Waals surface area contributed by atoms with Crippen molar-refractivity contribution in [3.8, 4) is 11.5 Å². The Labute approximate surface area is 160 Å². The molecule has 0 saturated heterocycles. The van der Waals surface area contributed by atoms with Crippen LogP contribution in [-0.2, 0) is 22.0 Å². The molecule has 2 rings (SSSR count). The number of hydrogen-bond acceptors (Lipinski definition) is 3. The summed E-state index contributed by atoms with van der Waals surface area (Å²) in [6, 6.07) is 7.17. The van der Waals surface area contributed by atoms with Crippen LogP contribution in [0.3, 0.4) is 0 Å². The number of phenols is 2. The minimum atomic E-state index is -1.52. The number of rotatable bonds is 2. The fourth-order valence-electron chi connectivity index (χ4n) is 3.39. The molecule has 0 radical (unpaired) electrons. The van der Waals surface area contributed by atoms with E-state index in [4.69, 9.17) is 0 Å². The van der Waals surface area contributed by atoms with Crippen molar-refractivity contribution >= 4 is 11.2 Å². The molecular formula is C22H30O3S. The molecule has 0 unspecified atom stereocenters. The van der Waals surface area contributed by atoms with Crippen LogP contribution in [0.4, 0.5) is 0 Å². The number of aryl methyl sites for hydroxylation is 2. The molecule has 0 aliphatic rings. The Morgan fingerprint density at radius 2 is 1.00 bits per heavy atom. The molecule has 0 aliphatic heterocycles. The van der Waals surface area contributed by atoms with E-state index in [0.29, 0.717) is 20.9 Å². The first-order valence-corrected chi connectivity index (χ1v) is 9.98. The summed E-state index contributed by atoms with van der Waals surface area (Å²) in [4.78, 5) is 1.20. The van der Waals surface area contributed by atoms with E-state index in [0.717, 1.165) is 11.1 Å². The van der Waals surface area contributed by atoms with Crippen molar-refractivity contribution in [2.75, 3.05) is 0 Å². The Balaban J connectivity index is 2.82. The van der Waals surface area contributed by atoms with Gasteiger partial charge < -0.3 is 14.8 Å². The lowest BCUT2D eigenvalue weighted by Gasteiger charge is -2.28. The van der Waals surface area contributed by atoms with Gasteiger partial charge in [0, 0.05) is 11.2 Å². The molecular weight excluding hydrogens is 344 g/mol. The van der Waals surface area contributed by atoms with Gasteiger partial charge in [-0.25, -0.2) is 0 Å². The highest BCUT2D eigenvalue weighted by molar-refractivity contribution is 7.91. The monoisotopic (exact) mass is 374 g/mol. The lowest BCUT2D eigenvalue weighted by molar-refractivity contribution is 0.437. The van der Waals surface area contributed by atoms with Gasteiger partial charge in [-0.1, -0.05) is 41.5 Å². The average Bonchev–Trinajstić information content (AvgIpc) is 2.41. The van der Waals surface area contributed by atoms with Gasteiger partial charge in [0.2, 0.25) is 0 Å². The molecule has 3 nitrogen and oxygen atoms in total. The number of aromatic hydroxyl groups is 2. The normalized spacial score (nSPS) is 12.7. The van der Waals surface area contributed by atoms with Crippen LogP contribution in [0, 0.1) is 13.8 Å². The van der Waals surface area contributed by atoms with Crippen LogP contribution in [0.15, 0.2) is 34.1 Å². The number of phenolic OH excluding ortho intramolecular Hbond substituents is 2. The van der Waals surface area contributed by atoms with Gasteiger partial charge in [0.25, 0.3) is 0 Å². The van der Waals surface area contributed by atoms with Crippen LogP contribution < -0.4 is 0 Å². The Kier molecular flexibility index (Phi) is 5.42. The smallest absolute Gasteiger partial charge is 0.166 e. The highest BCUT2D eigenvalue weighted by Gasteiger charge is 2.35. The minimum Gasteiger partial charge on any atom is -0.606 e. The third-order valence-corrected chi connectivity index (χ3v) is 5.79. The predicted molar refractivity (Wildman–Crippen MR) is 108 cm³/mol. The molecule has 142 valence electrons. The largest absolute Gasteiger partial charge is 0.606 e. The van der Waals surface area contributed by atoms with E-state index in [-0.39, 0.29) is 22.3 Å². The van der Waals surface area contributed by atoms with Crippen LogP contribution in [-0.4, -0.2) is 14.8 Å². The van der Waals surface area contributed by atoms with E-state index < -0.39 is 11.2 Å². The van der Waals surface area contributed by atoms with Crippen molar-refractivity contribution in [3.05, 3.63) is 46.5 Å². The maximum Gasteiger partial charge on any atom is 0.166 e. The molecule has 0 fully saturated rings. The molecule has 0 atom stereocenters. The minimum absolute atomic E-state index is 0.162. The molecule has 0 aliphatic carbocycles. The third kappa shape index (κ3) is 4.02. The Morgan fingerprint density at radius 1 is 0.692 bits per heavy atom. The van der Waals surface area contributed by atoms with Gasteiger partial charge in [0.1, 0.15) is 11.5 Å². The Morgan fingerprint density at radius 3 is 1.27 bits per heavy atom. The third-order valence-electron chi connectivity index (χ3n) is 4.35. The fourth-order valence-corrected chi connectivity index (χ4v) is 5.40. The zero-order valence-corrected chi connectivity index (χ0v) is 17.8. The topological polar surface area (TPSA) is 63.5 Å². The van der Waals surface area contributed by atoms with Crippen LogP contribution in [0.2, 0.25) is 0 Å².